The van der Waals surface area contributed by atoms with Crippen LogP contribution in [0.5, 0.6) is 17.2 Å². The van der Waals surface area contributed by atoms with Crippen LogP contribution in [-0.4, -0.2) is 48.6 Å². The molecule has 3 aromatic carbocycles. The Morgan fingerprint density at radius 3 is 2.46 bits per heavy atom. The van der Waals surface area contributed by atoms with E-state index in [-0.39, 0.29) is 0 Å². The van der Waals surface area contributed by atoms with E-state index >= 15 is 0 Å². The lowest BCUT2D eigenvalue weighted by Gasteiger charge is -2.13. The molecule has 1 heterocycles. The van der Waals surface area contributed by atoms with Crippen LogP contribution in [0.1, 0.15) is 23.1 Å². The molecule has 4 rings (SSSR count). The number of aromatic amines is 1. The molecule has 0 saturated heterocycles. The molecule has 204 valence electrons. The second-order valence-electron chi connectivity index (χ2n) is 8.50. The molecule has 3 N–H and O–H groups in total. The highest BCUT2D eigenvalue weighted by molar-refractivity contribution is 7.71. The fourth-order valence-electron chi connectivity index (χ4n) is 4.12. The Morgan fingerprint density at radius 2 is 1.79 bits per heavy atom. The van der Waals surface area contributed by atoms with Gasteiger partial charge in [-0.25, -0.2) is 4.68 Å². The maximum atomic E-state index is 5.79. The Balaban J connectivity index is 1.37. The predicted molar refractivity (Wildman–Crippen MR) is 154 cm³/mol. The van der Waals surface area contributed by atoms with Crippen molar-refractivity contribution in [1.29, 1.82) is 0 Å². The molecular formula is C28H32N6O4S. The number of hydrogen-bond acceptors (Lipinski definition) is 9. The molecule has 0 fully saturated rings. The van der Waals surface area contributed by atoms with Crippen LogP contribution >= 0.6 is 12.2 Å². The van der Waals surface area contributed by atoms with Crippen molar-refractivity contribution in [1.82, 2.24) is 20.2 Å². The van der Waals surface area contributed by atoms with Gasteiger partial charge in [0.2, 0.25) is 10.5 Å². The Hall–Kier alpha value is -4.35. The summed E-state index contributed by atoms with van der Waals surface area (Å²) in [6, 6.07) is 17.7. The van der Waals surface area contributed by atoms with E-state index in [1.165, 1.54) is 5.56 Å². The number of allylic oxidation sites excluding steroid dienone is 1. The Labute approximate surface area is 232 Å². The van der Waals surface area contributed by atoms with Crippen molar-refractivity contribution in [3.8, 4) is 22.9 Å². The SMILES string of the molecule is CNc1ccc(CONc2cccc(-n3[nH]nnc3=S)c2)cc1CCC=Cc1cc(OC)c(OC)c(OC)c1. The van der Waals surface area contributed by atoms with Gasteiger partial charge in [-0.1, -0.05) is 40.7 Å². The van der Waals surface area contributed by atoms with Crippen molar-refractivity contribution in [3.63, 3.8) is 0 Å². The number of benzene rings is 3. The summed E-state index contributed by atoms with van der Waals surface area (Å²) in [5, 5.41) is 13.6. The number of nitrogens with zero attached hydrogens (tertiary/aromatic N) is 3. The smallest absolute Gasteiger partial charge is 0.242 e. The third kappa shape index (κ3) is 6.95. The molecule has 10 nitrogen and oxygen atoms in total. The molecule has 0 spiro atoms. The zero-order chi connectivity index (χ0) is 27.6. The van der Waals surface area contributed by atoms with Crippen LogP contribution in [0.4, 0.5) is 11.4 Å². The maximum absolute atomic E-state index is 5.79. The monoisotopic (exact) mass is 548 g/mol. The third-order valence-electron chi connectivity index (χ3n) is 6.02. The molecule has 0 aliphatic heterocycles. The van der Waals surface area contributed by atoms with Crippen molar-refractivity contribution in [3.05, 3.63) is 82.1 Å². The van der Waals surface area contributed by atoms with E-state index in [9.17, 15) is 0 Å². The zero-order valence-corrected chi connectivity index (χ0v) is 23.2. The van der Waals surface area contributed by atoms with Gasteiger partial charge in [-0.05, 0) is 78.1 Å². The van der Waals surface area contributed by atoms with E-state index in [4.69, 9.17) is 31.3 Å². The first-order valence-corrected chi connectivity index (χ1v) is 12.7. The highest BCUT2D eigenvalue weighted by Crippen LogP contribution is 2.38. The van der Waals surface area contributed by atoms with Crippen LogP contribution in [0, 0.1) is 4.77 Å². The Kier molecular flexibility index (Phi) is 9.54. The molecule has 39 heavy (non-hydrogen) atoms. The number of ether oxygens (including phenoxy) is 3. The van der Waals surface area contributed by atoms with E-state index in [1.807, 2.05) is 43.4 Å². The molecule has 0 radical (unpaired) electrons. The lowest BCUT2D eigenvalue weighted by molar-refractivity contribution is 0.180. The predicted octanol–water partition coefficient (Wildman–Crippen LogP) is 5.58. The molecule has 0 aliphatic carbocycles. The number of tetrazole rings is 1. The summed E-state index contributed by atoms with van der Waals surface area (Å²) in [5.74, 6) is 1.84. The normalized spacial score (nSPS) is 11.0. The number of aryl methyl sites for hydroxylation is 1. The number of nitrogens with one attached hydrogen (secondary N) is 3. The Bertz CT molecular complexity index is 1460. The van der Waals surface area contributed by atoms with Crippen LogP contribution < -0.4 is 25.0 Å². The zero-order valence-electron chi connectivity index (χ0n) is 22.4. The summed E-state index contributed by atoms with van der Waals surface area (Å²) < 4.78 is 18.3. The minimum Gasteiger partial charge on any atom is -0.493 e. The number of methoxy groups -OCH3 is 3. The highest BCUT2D eigenvalue weighted by atomic mass is 32.1. The van der Waals surface area contributed by atoms with Crippen LogP contribution in [0.25, 0.3) is 11.8 Å². The van der Waals surface area contributed by atoms with E-state index in [2.05, 4.69) is 56.7 Å². The minimum absolute atomic E-state index is 0.350. The van der Waals surface area contributed by atoms with Crippen LogP contribution in [0.15, 0.2) is 60.7 Å². The van der Waals surface area contributed by atoms with Gasteiger partial charge in [0.15, 0.2) is 11.5 Å². The minimum atomic E-state index is 0.350. The van der Waals surface area contributed by atoms with Gasteiger partial charge in [0.25, 0.3) is 0 Å². The average Bonchev–Trinajstić information content (AvgIpc) is 3.40. The van der Waals surface area contributed by atoms with Gasteiger partial charge in [0.1, 0.15) is 0 Å². The second-order valence-corrected chi connectivity index (χ2v) is 8.87. The average molecular weight is 549 g/mol. The van der Waals surface area contributed by atoms with Gasteiger partial charge in [-0.3, -0.25) is 10.3 Å². The summed E-state index contributed by atoms with van der Waals surface area (Å²) in [7, 11) is 6.75. The van der Waals surface area contributed by atoms with Gasteiger partial charge in [0.05, 0.1) is 39.3 Å². The van der Waals surface area contributed by atoms with Gasteiger partial charge in [-0.2, -0.15) is 5.21 Å². The van der Waals surface area contributed by atoms with E-state index in [0.29, 0.717) is 28.6 Å². The molecule has 4 aromatic rings. The Morgan fingerprint density at radius 1 is 1.00 bits per heavy atom. The molecule has 1 aromatic heterocycles. The highest BCUT2D eigenvalue weighted by Gasteiger charge is 2.12. The third-order valence-corrected chi connectivity index (χ3v) is 6.29. The lowest BCUT2D eigenvalue weighted by Crippen LogP contribution is -2.04. The fraction of sp³-hybridized carbons (Fsp3) is 0.250. The number of rotatable bonds is 13. The first-order valence-electron chi connectivity index (χ1n) is 12.3. The number of hydrogen-bond donors (Lipinski definition) is 3. The molecule has 0 bridgehead atoms. The topological polar surface area (TPSA) is 107 Å². The summed E-state index contributed by atoms with van der Waals surface area (Å²) in [4.78, 5) is 5.79. The van der Waals surface area contributed by atoms with Crippen LogP contribution in [0.2, 0.25) is 0 Å². The van der Waals surface area contributed by atoms with Gasteiger partial charge >= 0.3 is 0 Å². The summed E-state index contributed by atoms with van der Waals surface area (Å²) >= 11 is 5.17. The molecule has 0 saturated carbocycles. The molecule has 0 atom stereocenters. The van der Waals surface area contributed by atoms with Crippen molar-refractivity contribution >= 4 is 29.7 Å². The van der Waals surface area contributed by atoms with Crippen molar-refractivity contribution in [2.24, 2.45) is 0 Å². The number of anilines is 2. The first kappa shape index (κ1) is 27.7. The van der Waals surface area contributed by atoms with Crippen LogP contribution in [-0.2, 0) is 17.9 Å². The quantitative estimate of drug-likeness (QED) is 0.146. The second kappa shape index (κ2) is 13.4. The molecule has 11 heteroatoms. The summed E-state index contributed by atoms with van der Waals surface area (Å²) in [5.41, 5.74) is 8.92. The van der Waals surface area contributed by atoms with E-state index in [1.54, 1.807) is 26.0 Å². The van der Waals surface area contributed by atoms with Gasteiger partial charge < -0.3 is 19.5 Å². The standard InChI is InChI=1S/C28H32N6O4S/c1-29-24-13-12-20(18-38-31-22-10-7-11-23(17-22)34-28(39)30-32-33-34)14-21(24)9-6-5-8-19-15-25(35-2)27(37-4)26(16-19)36-3/h5,7-8,10-17,29,31H,6,9,18H2,1-4H3,(H,30,33,39). The van der Waals surface area contributed by atoms with E-state index < -0.39 is 0 Å². The van der Waals surface area contributed by atoms with Crippen LogP contribution in [0.3, 0.4) is 0 Å². The van der Waals surface area contributed by atoms with Crippen molar-refractivity contribution < 1.29 is 19.0 Å². The van der Waals surface area contributed by atoms with E-state index in [0.717, 1.165) is 41.0 Å². The molecular weight excluding hydrogens is 516 g/mol. The number of aromatic nitrogens is 4. The van der Waals surface area contributed by atoms with Crippen molar-refractivity contribution in [2.45, 2.75) is 19.4 Å². The van der Waals surface area contributed by atoms with Gasteiger partial charge in [0, 0.05) is 12.7 Å². The molecule has 0 aliphatic rings. The summed E-state index contributed by atoms with van der Waals surface area (Å²) in [6.07, 6.45) is 5.91. The lowest BCUT2D eigenvalue weighted by atomic mass is 10.0. The maximum Gasteiger partial charge on any atom is 0.242 e. The first-order chi connectivity index (χ1) is 19.1. The van der Waals surface area contributed by atoms with Gasteiger partial charge in [-0.15, -0.1) is 0 Å². The fourth-order valence-corrected chi connectivity index (χ4v) is 4.31. The number of H-pyrrole nitrogens is 1. The largest absolute Gasteiger partial charge is 0.493 e. The molecule has 0 unspecified atom stereocenters. The molecule has 0 amide bonds. The summed E-state index contributed by atoms with van der Waals surface area (Å²) in [6.45, 7) is 0.396. The van der Waals surface area contributed by atoms with Crippen molar-refractivity contribution in [2.75, 3.05) is 39.2 Å².